The molecular formula is C14H22N2O3. The van der Waals surface area contributed by atoms with Crippen molar-refractivity contribution in [3.63, 3.8) is 0 Å². The van der Waals surface area contributed by atoms with Gasteiger partial charge in [0.25, 0.3) is 0 Å². The Balaban J connectivity index is 1.58. The molecule has 3 aliphatic rings. The standard InChI is InChI=1S/C14H22N2O3/c17-6-5-16(12-3-4-12)14(19)11-7-13(18)15(9-11)8-10-1-2-10/h10-12,17H,1-9H2. The fourth-order valence-electron chi connectivity index (χ4n) is 2.93. The van der Waals surface area contributed by atoms with Crippen molar-refractivity contribution in [1.82, 2.24) is 9.80 Å². The van der Waals surface area contributed by atoms with Crippen molar-refractivity contribution in [2.75, 3.05) is 26.2 Å². The van der Waals surface area contributed by atoms with Crippen LogP contribution in [-0.2, 0) is 9.59 Å². The summed E-state index contributed by atoms with van der Waals surface area (Å²) in [5.41, 5.74) is 0. The molecule has 1 aliphatic heterocycles. The van der Waals surface area contributed by atoms with E-state index in [1.165, 1.54) is 12.8 Å². The van der Waals surface area contributed by atoms with Gasteiger partial charge in [0.05, 0.1) is 12.5 Å². The summed E-state index contributed by atoms with van der Waals surface area (Å²) in [7, 11) is 0. The lowest BCUT2D eigenvalue weighted by Crippen LogP contribution is -2.40. The third-order valence-corrected chi connectivity index (χ3v) is 4.35. The number of hydrogen-bond acceptors (Lipinski definition) is 3. The van der Waals surface area contributed by atoms with E-state index in [9.17, 15) is 9.59 Å². The SMILES string of the molecule is O=C1CC(C(=O)N(CCO)C2CC2)CN1CC1CC1. The molecule has 2 saturated carbocycles. The van der Waals surface area contributed by atoms with Gasteiger partial charge >= 0.3 is 0 Å². The molecule has 0 aromatic carbocycles. The van der Waals surface area contributed by atoms with Gasteiger partial charge in [-0.3, -0.25) is 9.59 Å². The van der Waals surface area contributed by atoms with Crippen molar-refractivity contribution >= 4 is 11.8 Å². The van der Waals surface area contributed by atoms with Crippen molar-refractivity contribution < 1.29 is 14.7 Å². The molecule has 5 heteroatoms. The van der Waals surface area contributed by atoms with Crippen molar-refractivity contribution in [2.24, 2.45) is 11.8 Å². The van der Waals surface area contributed by atoms with Crippen molar-refractivity contribution in [2.45, 2.75) is 38.1 Å². The highest BCUT2D eigenvalue weighted by Gasteiger charge is 2.41. The normalized spacial score (nSPS) is 26.9. The molecule has 2 amide bonds. The first-order chi connectivity index (χ1) is 9.19. The first-order valence-corrected chi connectivity index (χ1v) is 7.38. The molecule has 0 bridgehead atoms. The quantitative estimate of drug-likeness (QED) is 0.748. The minimum absolute atomic E-state index is 0.00863. The number of carbonyl (C=O) groups is 2. The number of aliphatic hydroxyl groups excluding tert-OH is 1. The van der Waals surface area contributed by atoms with Crippen LogP contribution in [0.2, 0.25) is 0 Å². The third kappa shape index (κ3) is 2.91. The van der Waals surface area contributed by atoms with Crippen LogP contribution < -0.4 is 0 Å². The van der Waals surface area contributed by atoms with Gasteiger partial charge in [-0.2, -0.15) is 0 Å². The number of carbonyl (C=O) groups excluding carboxylic acids is 2. The van der Waals surface area contributed by atoms with Crippen LogP contribution in [0.5, 0.6) is 0 Å². The fourth-order valence-corrected chi connectivity index (χ4v) is 2.93. The highest BCUT2D eigenvalue weighted by Crippen LogP contribution is 2.33. The molecule has 0 aromatic heterocycles. The second-order valence-electron chi connectivity index (χ2n) is 6.13. The second kappa shape index (κ2) is 5.12. The maximum Gasteiger partial charge on any atom is 0.228 e. The zero-order valence-corrected chi connectivity index (χ0v) is 11.3. The average Bonchev–Trinajstić information content (AvgIpc) is 3.27. The Morgan fingerprint density at radius 2 is 2.05 bits per heavy atom. The number of likely N-dealkylation sites (tertiary alicyclic amines) is 1. The summed E-state index contributed by atoms with van der Waals surface area (Å²) in [5.74, 6) is 0.696. The first kappa shape index (κ1) is 12.9. The smallest absolute Gasteiger partial charge is 0.228 e. The summed E-state index contributed by atoms with van der Waals surface area (Å²) < 4.78 is 0. The second-order valence-corrected chi connectivity index (χ2v) is 6.13. The lowest BCUT2D eigenvalue weighted by molar-refractivity contribution is -0.136. The molecule has 0 radical (unpaired) electrons. The van der Waals surface area contributed by atoms with Gasteiger partial charge in [-0.1, -0.05) is 0 Å². The molecule has 0 spiro atoms. The number of amides is 2. The van der Waals surface area contributed by atoms with Crippen molar-refractivity contribution in [3.05, 3.63) is 0 Å². The molecular weight excluding hydrogens is 244 g/mol. The van der Waals surface area contributed by atoms with Crippen LogP contribution in [-0.4, -0.2) is 59.0 Å². The predicted molar refractivity (Wildman–Crippen MR) is 69.2 cm³/mol. The lowest BCUT2D eigenvalue weighted by Gasteiger charge is -2.24. The molecule has 3 fully saturated rings. The molecule has 106 valence electrons. The predicted octanol–water partition coefficient (Wildman–Crippen LogP) is 0.228. The molecule has 0 aromatic rings. The fraction of sp³-hybridized carbons (Fsp3) is 0.857. The van der Waals surface area contributed by atoms with Crippen molar-refractivity contribution in [1.29, 1.82) is 0 Å². The number of aliphatic hydroxyl groups is 1. The van der Waals surface area contributed by atoms with Gasteiger partial charge in [-0.15, -0.1) is 0 Å². The highest BCUT2D eigenvalue weighted by molar-refractivity contribution is 5.89. The van der Waals surface area contributed by atoms with E-state index < -0.39 is 0 Å². The Hall–Kier alpha value is -1.10. The minimum Gasteiger partial charge on any atom is -0.395 e. The summed E-state index contributed by atoms with van der Waals surface area (Å²) in [6.45, 7) is 1.85. The van der Waals surface area contributed by atoms with Crippen LogP contribution in [0.3, 0.4) is 0 Å². The Bertz CT molecular complexity index is 377. The van der Waals surface area contributed by atoms with E-state index in [1.54, 1.807) is 4.90 Å². The molecule has 3 rings (SSSR count). The molecule has 1 saturated heterocycles. The van der Waals surface area contributed by atoms with E-state index in [2.05, 4.69) is 0 Å². The van der Waals surface area contributed by atoms with Crippen LogP contribution in [0, 0.1) is 11.8 Å². The highest BCUT2D eigenvalue weighted by atomic mass is 16.3. The van der Waals surface area contributed by atoms with E-state index in [-0.39, 0.29) is 24.3 Å². The van der Waals surface area contributed by atoms with Crippen molar-refractivity contribution in [3.8, 4) is 0 Å². The van der Waals surface area contributed by atoms with Gasteiger partial charge < -0.3 is 14.9 Å². The Morgan fingerprint density at radius 3 is 2.63 bits per heavy atom. The monoisotopic (exact) mass is 266 g/mol. The van der Waals surface area contributed by atoms with Crippen LogP contribution in [0.25, 0.3) is 0 Å². The van der Waals surface area contributed by atoms with Crippen LogP contribution in [0.4, 0.5) is 0 Å². The van der Waals surface area contributed by atoms with E-state index in [1.807, 2.05) is 4.90 Å². The minimum atomic E-state index is -0.182. The largest absolute Gasteiger partial charge is 0.395 e. The summed E-state index contributed by atoms with van der Waals surface area (Å²) in [4.78, 5) is 28.0. The summed E-state index contributed by atoms with van der Waals surface area (Å²) in [5, 5.41) is 9.06. The van der Waals surface area contributed by atoms with E-state index in [0.717, 1.165) is 19.4 Å². The molecule has 1 N–H and O–H groups in total. The number of rotatable bonds is 6. The molecule has 1 heterocycles. The molecule has 1 unspecified atom stereocenters. The van der Waals surface area contributed by atoms with E-state index >= 15 is 0 Å². The van der Waals surface area contributed by atoms with Gasteiger partial charge in [-0.25, -0.2) is 0 Å². The van der Waals surface area contributed by atoms with Crippen LogP contribution in [0.15, 0.2) is 0 Å². The topological polar surface area (TPSA) is 60.9 Å². The van der Waals surface area contributed by atoms with Gasteiger partial charge in [-0.05, 0) is 31.6 Å². The number of hydrogen-bond donors (Lipinski definition) is 1. The Labute approximate surface area is 113 Å². The Kier molecular flexibility index (Phi) is 3.48. The van der Waals surface area contributed by atoms with Gasteiger partial charge in [0.1, 0.15) is 0 Å². The van der Waals surface area contributed by atoms with Gasteiger partial charge in [0.2, 0.25) is 11.8 Å². The Morgan fingerprint density at radius 1 is 1.32 bits per heavy atom. The molecule has 19 heavy (non-hydrogen) atoms. The third-order valence-electron chi connectivity index (χ3n) is 4.35. The lowest BCUT2D eigenvalue weighted by atomic mass is 10.1. The summed E-state index contributed by atoms with van der Waals surface area (Å²) in [6.07, 6.45) is 4.89. The molecule has 1 atom stereocenters. The van der Waals surface area contributed by atoms with Crippen LogP contribution >= 0.6 is 0 Å². The summed E-state index contributed by atoms with van der Waals surface area (Å²) in [6, 6.07) is 0.312. The molecule has 2 aliphatic carbocycles. The zero-order chi connectivity index (χ0) is 13.4. The van der Waals surface area contributed by atoms with E-state index in [0.29, 0.717) is 31.5 Å². The maximum absolute atomic E-state index is 12.4. The van der Waals surface area contributed by atoms with E-state index in [4.69, 9.17) is 5.11 Å². The van der Waals surface area contributed by atoms with Crippen LogP contribution in [0.1, 0.15) is 32.1 Å². The summed E-state index contributed by atoms with van der Waals surface area (Å²) >= 11 is 0. The first-order valence-electron chi connectivity index (χ1n) is 7.38. The molecule has 5 nitrogen and oxygen atoms in total. The maximum atomic E-state index is 12.4. The average molecular weight is 266 g/mol. The van der Waals surface area contributed by atoms with Gasteiger partial charge in [0.15, 0.2) is 0 Å². The van der Waals surface area contributed by atoms with Gasteiger partial charge in [0, 0.05) is 32.1 Å². The zero-order valence-electron chi connectivity index (χ0n) is 11.3. The number of nitrogens with zero attached hydrogens (tertiary/aromatic N) is 2.